The first kappa shape index (κ1) is 13.3. The third kappa shape index (κ3) is 2.50. The quantitative estimate of drug-likeness (QED) is 0.511. The summed E-state index contributed by atoms with van der Waals surface area (Å²) in [5, 5.41) is 1.10. The van der Waals surface area contributed by atoms with E-state index in [0.717, 1.165) is 17.6 Å². The normalized spacial score (nSPS) is 11.9. The van der Waals surface area contributed by atoms with Crippen molar-refractivity contribution >= 4 is 32.9 Å². The number of aryl methyl sites for hydroxylation is 1. The van der Waals surface area contributed by atoms with Crippen molar-refractivity contribution in [2.75, 3.05) is 0 Å². The first-order valence-corrected chi connectivity index (χ1v) is 7.16. The molecular formula is C11H11NO4S2. The topological polar surface area (TPSA) is 89.6 Å². The van der Waals surface area contributed by atoms with Crippen LogP contribution in [0, 0.1) is 6.92 Å². The molecule has 0 aliphatic heterocycles. The highest BCUT2D eigenvalue weighted by Crippen LogP contribution is 2.32. The fourth-order valence-corrected chi connectivity index (χ4v) is 3.11. The summed E-state index contributed by atoms with van der Waals surface area (Å²) >= 11 is 0.940. The highest BCUT2D eigenvalue weighted by molar-refractivity contribution is 7.94. The third-order valence-electron chi connectivity index (χ3n) is 2.48. The van der Waals surface area contributed by atoms with Crippen molar-refractivity contribution in [1.29, 1.82) is 0 Å². The maximum absolute atomic E-state index is 11.3. The molecule has 0 saturated carbocycles. The molecule has 0 saturated heterocycles. The van der Waals surface area contributed by atoms with E-state index in [0.29, 0.717) is 15.7 Å². The molecule has 0 radical (unpaired) electrons. The van der Waals surface area contributed by atoms with E-state index < -0.39 is 10.1 Å². The first-order chi connectivity index (χ1) is 8.43. The van der Waals surface area contributed by atoms with Gasteiger partial charge in [0.15, 0.2) is 0 Å². The van der Waals surface area contributed by atoms with Crippen molar-refractivity contribution < 1.29 is 17.3 Å². The van der Waals surface area contributed by atoms with Gasteiger partial charge in [-0.3, -0.25) is 4.55 Å². The molecule has 7 heteroatoms. The van der Waals surface area contributed by atoms with Crippen LogP contribution >= 0.6 is 12.0 Å². The maximum Gasteiger partial charge on any atom is 0.295 e. The van der Waals surface area contributed by atoms with Gasteiger partial charge in [-0.25, -0.2) is 10.2 Å². The SMILES string of the molecule is Cc1cc(SON)c2cccc(S(=O)(=O)O)c2c1. The smallest absolute Gasteiger partial charge is 0.282 e. The van der Waals surface area contributed by atoms with E-state index in [9.17, 15) is 13.0 Å². The number of rotatable bonds is 3. The Kier molecular flexibility index (Phi) is 3.60. The van der Waals surface area contributed by atoms with E-state index in [1.54, 1.807) is 18.2 Å². The predicted octanol–water partition coefficient (Wildman–Crippen LogP) is 2.29. The average molecular weight is 285 g/mol. The summed E-state index contributed by atoms with van der Waals surface area (Å²) in [4.78, 5) is 0.570. The predicted molar refractivity (Wildman–Crippen MR) is 69.6 cm³/mol. The fourth-order valence-electron chi connectivity index (χ4n) is 1.81. The summed E-state index contributed by atoms with van der Waals surface area (Å²) < 4.78 is 36.4. The van der Waals surface area contributed by atoms with Crippen LogP contribution in [0.15, 0.2) is 40.1 Å². The molecule has 0 bridgehead atoms. The second-order valence-electron chi connectivity index (χ2n) is 3.77. The van der Waals surface area contributed by atoms with Crippen molar-refractivity contribution in [3.8, 4) is 0 Å². The first-order valence-electron chi connectivity index (χ1n) is 4.98. The van der Waals surface area contributed by atoms with Crippen LogP contribution in [0.2, 0.25) is 0 Å². The molecule has 0 aliphatic carbocycles. The number of fused-ring (bicyclic) bond motifs is 1. The van der Waals surface area contributed by atoms with Gasteiger partial charge in [0.1, 0.15) is 4.90 Å². The number of hydrogen-bond acceptors (Lipinski definition) is 5. The zero-order chi connectivity index (χ0) is 13.3. The van der Waals surface area contributed by atoms with Gasteiger partial charge in [0.05, 0.1) is 12.0 Å². The Bertz CT molecular complexity index is 698. The van der Waals surface area contributed by atoms with Gasteiger partial charge >= 0.3 is 0 Å². The Labute approximate surface area is 109 Å². The largest absolute Gasteiger partial charge is 0.295 e. The zero-order valence-electron chi connectivity index (χ0n) is 9.45. The monoisotopic (exact) mass is 285 g/mol. The maximum atomic E-state index is 11.3. The van der Waals surface area contributed by atoms with E-state index in [1.807, 2.05) is 13.0 Å². The Balaban J connectivity index is 2.86. The van der Waals surface area contributed by atoms with Crippen LogP contribution in [0.4, 0.5) is 0 Å². The molecule has 18 heavy (non-hydrogen) atoms. The van der Waals surface area contributed by atoms with Crippen LogP contribution in [0.25, 0.3) is 10.8 Å². The molecule has 0 spiro atoms. The average Bonchev–Trinajstić information content (AvgIpc) is 2.27. The van der Waals surface area contributed by atoms with E-state index in [-0.39, 0.29) is 4.90 Å². The summed E-state index contributed by atoms with van der Waals surface area (Å²) in [6.07, 6.45) is 0. The molecule has 2 aromatic rings. The van der Waals surface area contributed by atoms with Gasteiger partial charge in [0.2, 0.25) is 0 Å². The lowest BCUT2D eigenvalue weighted by molar-refractivity contribution is 0.398. The van der Waals surface area contributed by atoms with Crippen LogP contribution < -0.4 is 5.90 Å². The third-order valence-corrected chi connectivity index (χ3v) is 4.00. The lowest BCUT2D eigenvalue weighted by Crippen LogP contribution is -1.99. The second kappa shape index (κ2) is 4.87. The van der Waals surface area contributed by atoms with Crippen molar-refractivity contribution in [3.63, 3.8) is 0 Å². The molecule has 0 unspecified atom stereocenters. The standard InChI is InChI=1S/C11H11NO4S2/c1-7-5-9-8(10(6-7)17-16-12)3-2-4-11(9)18(13,14)15/h2-6H,12H2,1H3,(H,13,14,15). The van der Waals surface area contributed by atoms with Crippen molar-refractivity contribution in [2.24, 2.45) is 5.90 Å². The summed E-state index contributed by atoms with van der Waals surface area (Å²) in [6.45, 7) is 1.82. The highest BCUT2D eigenvalue weighted by atomic mass is 32.2. The number of nitrogens with two attached hydrogens (primary N) is 1. The van der Waals surface area contributed by atoms with Gasteiger partial charge in [-0.15, -0.1) is 0 Å². The van der Waals surface area contributed by atoms with E-state index in [1.165, 1.54) is 6.07 Å². The van der Waals surface area contributed by atoms with Crippen LogP contribution in [-0.4, -0.2) is 13.0 Å². The van der Waals surface area contributed by atoms with Gasteiger partial charge in [0.25, 0.3) is 10.1 Å². The van der Waals surface area contributed by atoms with Gasteiger partial charge in [-0.2, -0.15) is 8.42 Å². The molecule has 0 heterocycles. The van der Waals surface area contributed by atoms with Crippen LogP contribution in [0.3, 0.4) is 0 Å². The minimum absolute atomic E-state index is 0.123. The zero-order valence-corrected chi connectivity index (χ0v) is 11.1. The Morgan fingerprint density at radius 1 is 1.28 bits per heavy atom. The van der Waals surface area contributed by atoms with Crippen LogP contribution in [0.1, 0.15) is 5.56 Å². The lowest BCUT2D eigenvalue weighted by atomic mass is 10.1. The van der Waals surface area contributed by atoms with Crippen molar-refractivity contribution in [1.82, 2.24) is 0 Å². The molecule has 5 nitrogen and oxygen atoms in total. The Hall–Kier alpha value is -1.12. The Morgan fingerprint density at radius 2 is 2.00 bits per heavy atom. The van der Waals surface area contributed by atoms with Gasteiger partial charge in [-0.1, -0.05) is 12.1 Å². The molecule has 3 N–H and O–H groups in total. The summed E-state index contributed by atoms with van der Waals surface area (Å²) in [7, 11) is -4.26. The van der Waals surface area contributed by atoms with Crippen molar-refractivity contribution in [3.05, 3.63) is 35.9 Å². The minimum atomic E-state index is -4.26. The van der Waals surface area contributed by atoms with E-state index >= 15 is 0 Å². The highest BCUT2D eigenvalue weighted by Gasteiger charge is 2.15. The molecule has 0 atom stereocenters. The fraction of sp³-hybridized carbons (Fsp3) is 0.0909. The molecule has 2 rings (SSSR count). The molecule has 96 valence electrons. The van der Waals surface area contributed by atoms with Crippen LogP contribution in [0.5, 0.6) is 0 Å². The molecule has 0 amide bonds. The molecule has 2 aromatic carbocycles. The summed E-state index contributed by atoms with van der Waals surface area (Å²) in [6, 6.07) is 8.17. The number of benzene rings is 2. The summed E-state index contributed by atoms with van der Waals surface area (Å²) in [5.41, 5.74) is 0.846. The summed E-state index contributed by atoms with van der Waals surface area (Å²) in [5.74, 6) is 5.02. The minimum Gasteiger partial charge on any atom is -0.282 e. The van der Waals surface area contributed by atoms with Gasteiger partial charge < -0.3 is 0 Å². The second-order valence-corrected chi connectivity index (χ2v) is 5.96. The molecule has 0 aromatic heterocycles. The molecule has 0 aliphatic rings. The van der Waals surface area contributed by atoms with Crippen LogP contribution in [-0.2, 0) is 14.4 Å². The molecule has 0 fully saturated rings. The van der Waals surface area contributed by atoms with Gasteiger partial charge in [0, 0.05) is 10.3 Å². The Morgan fingerprint density at radius 3 is 2.61 bits per heavy atom. The van der Waals surface area contributed by atoms with E-state index in [4.69, 9.17) is 5.90 Å². The lowest BCUT2D eigenvalue weighted by Gasteiger charge is -2.09. The van der Waals surface area contributed by atoms with Crippen molar-refractivity contribution in [2.45, 2.75) is 16.7 Å². The number of hydrogen-bond donors (Lipinski definition) is 2. The van der Waals surface area contributed by atoms with E-state index in [2.05, 4.69) is 4.28 Å². The molecular weight excluding hydrogens is 274 g/mol. The van der Waals surface area contributed by atoms with Gasteiger partial charge in [-0.05, 0) is 36.1 Å².